The first kappa shape index (κ1) is 10.0. The molecule has 14 heavy (non-hydrogen) atoms. The summed E-state index contributed by atoms with van der Waals surface area (Å²) in [5.41, 5.74) is 0.471. The molecule has 0 spiro atoms. The number of aromatic nitrogens is 2. The van der Waals surface area contributed by atoms with Gasteiger partial charge in [0.05, 0.1) is 4.70 Å². The summed E-state index contributed by atoms with van der Waals surface area (Å²) in [4.78, 5) is 7.93. The molecule has 0 radical (unpaired) electrons. The van der Waals surface area contributed by atoms with Gasteiger partial charge in [-0.25, -0.2) is 18.4 Å². The van der Waals surface area contributed by atoms with Crippen molar-refractivity contribution in [2.75, 3.05) is 6.26 Å². The maximum absolute atomic E-state index is 11.2. The molecule has 0 saturated carbocycles. The van der Waals surface area contributed by atoms with E-state index >= 15 is 0 Å². The van der Waals surface area contributed by atoms with Crippen molar-refractivity contribution in [3.05, 3.63) is 16.7 Å². The van der Waals surface area contributed by atoms with Gasteiger partial charge in [-0.3, -0.25) is 0 Å². The molecule has 0 aromatic carbocycles. The maximum Gasteiger partial charge on any atom is 0.211 e. The highest BCUT2D eigenvalue weighted by Gasteiger charge is 2.14. The Morgan fingerprint density at radius 2 is 2.21 bits per heavy atom. The minimum Gasteiger partial charge on any atom is -0.235 e. The van der Waals surface area contributed by atoms with Crippen LogP contribution in [0, 0.1) is 0 Å². The van der Waals surface area contributed by atoms with Crippen LogP contribution < -0.4 is 0 Å². The van der Waals surface area contributed by atoms with E-state index in [0.29, 0.717) is 5.65 Å². The van der Waals surface area contributed by atoms with Crippen molar-refractivity contribution in [3.63, 3.8) is 0 Å². The molecular formula is C7H5BrN2O2S2. The predicted molar refractivity (Wildman–Crippen MR) is 58.2 cm³/mol. The van der Waals surface area contributed by atoms with Crippen LogP contribution >= 0.6 is 27.3 Å². The van der Waals surface area contributed by atoms with Crippen molar-refractivity contribution in [2.45, 2.75) is 4.34 Å². The molecular weight excluding hydrogens is 288 g/mol. The highest BCUT2D eigenvalue weighted by atomic mass is 79.9. The molecule has 0 atom stereocenters. The molecule has 0 unspecified atom stereocenters. The van der Waals surface area contributed by atoms with Gasteiger partial charge in [-0.1, -0.05) is 0 Å². The first-order valence-electron chi connectivity index (χ1n) is 3.59. The molecule has 0 aliphatic rings. The molecule has 0 N–H and O–H groups in total. The Kier molecular flexibility index (Phi) is 2.32. The Balaban J connectivity index is 2.75. The van der Waals surface area contributed by atoms with Crippen molar-refractivity contribution in [1.29, 1.82) is 0 Å². The summed E-state index contributed by atoms with van der Waals surface area (Å²) in [6.07, 6.45) is 2.73. The van der Waals surface area contributed by atoms with Crippen LogP contribution in [0.2, 0.25) is 0 Å². The summed E-state index contributed by atoms with van der Waals surface area (Å²) in [5.74, 6) is 0. The largest absolute Gasteiger partial charge is 0.235 e. The van der Waals surface area contributed by atoms with Gasteiger partial charge in [0, 0.05) is 16.9 Å². The minimum absolute atomic E-state index is 0.109. The zero-order valence-corrected chi connectivity index (χ0v) is 10.3. The Morgan fingerprint density at radius 1 is 1.50 bits per heavy atom. The maximum atomic E-state index is 11.2. The molecule has 0 amide bonds. The molecule has 2 heterocycles. The Morgan fingerprint density at radius 3 is 2.86 bits per heavy atom. The van der Waals surface area contributed by atoms with Crippen LogP contribution in [0.3, 0.4) is 0 Å². The van der Waals surface area contributed by atoms with E-state index in [1.807, 2.05) is 0 Å². The predicted octanol–water partition coefficient (Wildman–Crippen LogP) is 1.86. The van der Waals surface area contributed by atoms with Crippen LogP contribution in [0.5, 0.6) is 0 Å². The molecule has 2 aromatic rings. The van der Waals surface area contributed by atoms with E-state index in [1.165, 1.54) is 0 Å². The molecule has 0 aliphatic carbocycles. The number of hydrogen-bond donors (Lipinski definition) is 0. The van der Waals surface area contributed by atoms with Crippen molar-refractivity contribution in [3.8, 4) is 0 Å². The van der Waals surface area contributed by atoms with Gasteiger partial charge >= 0.3 is 0 Å². The summed E-state index contributed by atoms with van der Waals surface area (Å²) in [5, 5.41) is 0. The van der Waals surface area contributed by atoms with Gasteiger partial charge in [0.1, 0.15) is 0 Å². The molecule has 74 valence electrons. The third kappa shape index (κ3) is 1.79. The lowest BCUT2D eigenvalue weighted by molar-refractivity contribution is 0.601. The first-order valence-corrected chi connectivity index (χ1v) is 7.09. The molecule has 4 nitrogen and oxygen atoms in total. The molecule has 0 bridgehead atoms. The van der Waals surface area contributed by atoms with Gasteiger partial charge in [0.25, 0.3) is 0 Å². The van der Waals surface area contributed by atoms with E-state index < -0.39 is 9.84 Å². The monoisotopic (exact) mass is 292 g/mol. The highest BCUT2D eigenvalue weighted by Crippen LogP contribution is 2.25. The molecule has 2 rings (SSSR count). The Hall–Kier alpha value is -0.530. The van der Waals surface area contributed by atoms with E-state index in [1.54, 1.807) is 12.3 Å². The third-order valence-corrected chi connectivity index (χ3v) is 4.62. The lowest BCUT2D eigenvalue weighted by Gasteiger charge is -1.86. The van der Waals surface area contributed by atoms with Gasteiger partial charge < -0.3 is 0 Å². The molecule has 0 aliphatic heterocycles. The number of fused-ring (bicyclic) bond motifs is 1. The number of hydrogen-bond acceptors (Lipinski definition) is 5. The number of halogens is 1. The number of rotatable bonds is 1. The standard InChI is InChI=1S/C7H5BrN2O2S2/c1-14(11,12)7-10-6-5(13-7)2-4(8)3-9-6/h2-3H,1H3. The molecule has 7 heteroatoms. The van der Waals surface area contributed by atoms with E-state index in [0.717, 1.165) is 26.8 Å². The van der Waals surface area contributed by atoms with Crippen LogP contribution in [-0.4, -0.2) is 24.6 Å². The van der Waals surface area contributed by atoms with Crippen molar-refractivity contribution < 1.29 is 8.42 Å². The summed E-state index contributed by atoms with van der Waals surface area (Å²) < 4.78 is 24.1. The Bertz CT molecular complexity index is 591. The zero-order valence-electron chi connectivity index (χ0n) is 7.06. The lowest BCUT2D eigenvalue weighted by atomic mass is 10.5. The Labute approximate surface area is 93.1 Å². The smallest absolute Gasteiger partial charge is 0.211 e. The fourth-order valence-corrected chi connectivity index (χ4v) is 3.24. The lowest BCUT2D eigenvalue weighted by Crippen LogP contribution is -1.95. The van der Waals surface area contributed by atoms with E-state index in [4.69, 9.17) is 0 Å². The minimum atomic E-state index is -3.23. The normalized spacial score (nSPS) is 12.1. The summed E-state index contributed by atoms with van der Waals surface area (Å²) >= 11 is 4.39. The van der Waals surface area contributed by atoms with E-state index in [-0.39, 0.29) is 4.34 Å². The van der Waals surface area contributed by atoms with Crippen LogP contribution in [0.1, 0.15) is 0 Å². The SMILES string of the molecule is CS(=O)(=O)c1nc2ncc(Br)cc2s1. The van der Waals surface area contributed by atoms with Gasteiger partial charge in [-0.15, -0.1) is 11.3 Å². The quantitative estimate of drug-likeness (QED) is 0.805. The summed E-state index contributed by atoms with van der Waals surface area (Å²) in [7, 11) is -3.23. The van der Waals surface area contributed by atoms with E-state index in [2.05, 4.69) is 25.9 Å². The average Bonchev–Trinajstić information content (AvgIpc) is 2.45. The van der Waals surface area contributed by atoms with Gasteiger partial charge in [-0.2, -0.15) is 0 Å². The molecule has 2 aromatic heterocycles. The van der Waals surface area contributed by atoms with Crippen molar-refractivity contribution >= 4 is 47.5 Å². The molecule has 0 fully saturated rings. The van der Waals surface area contributed by atoms with Crippen molar-refractivity contribution in [1.82, 2.24) is 9.97 Å². The first-order chi connectivity index (χ1) is 6.47. The second-order valence-electron chi connectivity index (χ2n) is 2.73. The topological polar surface area (TPSA) is 59.9 Å². The van der Waals surface area contributed by atoms with Crippen LogP contribution in [0.4, 0.5) is 0 Å². The molecule has 0 saturated heterocycles. The second-order valence-corrected chi connectivity index (χ2v) is 6.86. The second kappa shape index (κ2) is 3.25. The number of sulfone groups is 1. The van der Waals surface area contributed by atoms with E-state index in [9.17, 15) is 8.42 Å². The van der Waals surface area contributed by atoms with Gasteiger partial charge in [0.2, 0.25) is 14.2 Å². The van der Waals surface area contributed by atoms with Crippen LogP contribution in [-0.2, 0) is 9.84 Å². The number of nitrogens with zero attached hydrogens (tertiary/aromatic N) is 2. The number of pyridine rings is 1. The fourth-order valence-electron chi connectivity index (χ4n) is 0.935. The van der Waals surface area contributed by atoms with Crippen LogP contribution in [0.25, 0.3) is 10.3 Å². The third-order valence-electron chi connectivity index (χ3n) is 1.51. The highest BCUT2D eigenvalue weighted by molar-refractivity contribution is 9.10. The fraction of sp³-hybridized carbons (Fsp3) is 0.143. The van der Waals surface area contributed by atoms with Gasteiger partial charge in [-0.05, 0) is 22.0 Å². The van der Waals surface area contributed by atoms with Crippen molar-refractivity contribution in [2.24, 2.45) is 0 Å². The number of thiazole rings is 1. The summed E-state index contributed by atoms with van der Waals surface area (Å²) in [6, 6.07) is 1.80. The van der Waals surface area contributed by atoms with Gasteiger partial charge in [0.15, 0.2) is 5.65 Å². The van der Waals surface area contributed by atoms with Crippen LogP contribution in [0.15, 0.2) is 21.1 Å². The zero-order chi connectivity index (χ0) is 10.3. The summed E-state index contributed by atoms with van der Waals surface area (Å²) in [6.45, 7) is 0. The average molecular weight is 293 g/mol.